The van der Waals surface area contributed by atoms with Crippen LogP contribution in [0.25, 0.3) is 0 Å². The third-order valence-electron chi connectivity index (χ3n) is 4.26. The molecule has 0 saturated carbocycles. The molecular weight excluding hydrogens is 322 g/mol. The molecule has 3 rings (SSSR count). The first-order chi connectivity index (χ1) is 12.0. The minimum atomic E-state index is -0.465. The lowest BCUT2D eigenvalue weighted by molar-refractivity contribution is -0.384. The van der Waals surface area contributed by atoms with Gasteiger partial charge in [0.1, 0.15) is 0 Å². The summed E-state index contributed by atoms with van der Waals surface area (Å²) in [5, 5.41) is 13.8. The summed E-state index contributed by atoms with van der Waals surface area (Å²) in [6.45, 7) is 3.20. The van der Waals surface area contributed by atoms with E-state index < -0.39 is 4.92 Å². The molecule has 2 heterocycles. The van der Waals surface area contributed by atoms with Gasteiger partial charge in [0, 0.05) is 49.2 Å². The average molecular weight is 341 g/mol. The Hall–Kier alpha value is -3.03. The van der Waals surface area contributed by atoms with E-state index in [9.17, 15) is 14.9 Å². The third kappa shape index (κ3) is 3.90. The van der Waals surface area contributed by atoms with E-state index in [1.807, 2.05) is 0 Å². The van der Waals surface area contributed by atoms with E-state index in [2.05, 4.69) is 20.2 Å². The SMILES string of the molecule is Cc1cc([N+](=O)[O-])ccc1C(=O)N[C@@H]1CCCN(c2ncccn2)C1. The Balaban J connectivity index is 1.67. The van der Waals surface area contributed by atoms with Crippen LogP contribution in [0.2, 0.25) is 0 Å². The quantitative estimate of drug-likeness (QED) is 0.675. The highest BCUT2D eigenvalue weighted by Gasteiger charge is 2.24. The highest BCUT2D eigenvalue weighted by atomic mass is 16.6. The second-order valence-corrected chi connectivity index (χ2v) is 6.06. The minimum absolute atomic E-state index is 0.0142. The fraction of sp³-hybridized carbons (Fsp3) is 0.353. The van der Waals surface area contributed by atoms with Gasteiger partial charge < -0.3 is 10.2 Å². The molecular formula is C17H19N5O3. The highest BCUT2D eigenvalue weighted by Crippen LogP contribution is 2.19. The topological polar surface area (TPSA) is 101 Å². The van der Waals surface area contributed by atoms with E-state index in [1.54, 1.807) is 25.4 Å². The smallest absolute Gasteiger partial charge is 0.269 e. The predicted molar refractivity (Wildman–Crippen MR) is 92.6 cm³/mol. The number of hydrogen-bond acceptors (Lipinski definition) is 6. The van der Waals surface area contributed by atoms with Crippen LogP contribution in [0, 0.1) is 17.0 Å². The molecule has 8 nitrogen and oxygen atoms in total. The van der Waals surface area contributed by atoms with Crippen molar-refractivity contribution in [3.63, 3.8) is 0 Å². The number of hydrogen-bond donors (Lipinski definition) is 1. The first-order valence-electron chi connectivity index (χ1n) is 8.12. The monoisotopic (exact) mass is 341 g/mol. The third-order valence-corrected chi connectivity index (χ3v) is 4.26. The van der Waals surface area contributed by atoms with E-state index in [-0.39, 0.29) is 17.6 Å². The van der Waals surface area contributed by atoms with E-state index in [0.717, 1.165) is 19.4 Å². The van der Waals surface area contributed by atoms with Gasteiger partial charge in [-0.25, -0.2) is 9.97 Å². The molecule has 1 amide bonds. The Bertz CT molecular complexity index is 781. The van der Waals surface area contributed by atoms with Crippen molar-refractivity contribution >= 4 is 17.5 Å². The second-order valence-electron chi connectivity index (χ2n) is 6.06. The van der Waals surface area contributed by atoms with Gasteiger partial charge in [-0.1, -0.05) is 0 Å². The molecule has 1 N–H and O–H groups in total. The van der Waals surface area contributed by atoms with Crippen molar-refractivity contribution in [2.75, 3.05) is 18.0 Å². The number of carbonyl (C=O) groups excluding carboxylic acids is 1. The van der Waals surface area contributed by atoms with Crippen LogP contribution in [-0.2, 0) is 0 Å². The molecule has 0 unspecified atom stereocenters. The number of aryl methyl sites for hydroxylation is 1. The number of nitrogens with zero attached hydrogens (tertiary/aromatic N) is 4. The molecule has 0 spiro atoms. The molecule has 1 fully saturated rings. The number of nitrogens with one attached hydrogen (secondary N) is 1. The number of aromatic nitrogens is 2. The molecule has 1 saturated heterocycles. The Kier molecular flexibility index (Phi) is 4.87. The maximum absolute atomic E-state index is 12.5. The standard InChI is InChI=1S/C17H19N5O3/c1-12-10-14(22(24)25)5-6-15(12)16(23)20-13-4-2-9-21(11-13)17-18-7-3-8-19-17/h3,5-8,10,13H,2,4,9,11H2,1H3,(H,20,23)/t13-/m1/s1. The fourth-order valence-electron chi connectivity index (χ4n) is 3.01. The number of non-ortho nitro benzene ring substituents is 1. The summed E-state index contributed by atoms with van der Waals surface area (Å²) < 4.78 is 0. The zero-order valence-electron chi connectivity index (χ0n) is 13.9. The van der Waals surface area contributed by atoms with Gasteiger partial charge in [-0.15, -0.1) is 0 Å². The van der Waals surface area contributed by atoms with Crippen LogP contribution in [-0.4, -0.2) is 39.9 Å². The number of benzene rings is 1. The van der Waals surface area contributed by atoms with Crippen molar-refractivity contribution in [3.05, 3.63) is 57.9 Å². The number of amides is 1. The van der Waals surface area contributed by atoms with Gasteiger partial charge in [-0.3, -0.25) is 14.9 Å². The van der Waals surface area contributed by atoms with Crippen molar-refractivity contribution in [1.82, 2.24) is 15.3 Å². The summed E-state index contributed by atoms with van der Waals surface area (Å²) in [5.74, 6) is 0.446. The normalized spacial score (nSPS) is 17.2. The van der Waals surface area contributed by atoms with Crippen molar-refractivity contribution in [3.8, 4) is 0 Å². The second kappa shape index (κ2) is 7.25. The Morgan fingerprint density at radius 3 is 2.80 bits per heavy atom. The van der Waals surface area contributed by atoms with E-state index in [0.29, 0.717) is 23.6 Å². The molecule has 130 valence electrons. The van der Waals surface area contributed by atoms with Crippen molar-refractivity contribution in [2.45, 2.75) is 25.8 Å². The first-order valence-corrected chi connectivity index (χ1v) is 8.12. The van der Waals surface area contributed by atoms with Crippen LogP contribution in [0.15, 0.2) is 36.7 Å². The lowest BCUT2D eigenvalue weighted by Crippen LogP contribution is -2.48. The maximum atomic E-state index is 12.5. The van der Waals surface area contributed by atoms with Crippen molar-refractivity contribution < 1.29 is 9.72 Å². The molecule has 1 aromatic carbocycles. The number of rotatable bonds is 4. The fourth-order valence-corrected chi connectivity index (χ4v) is 3.01. The summed E-state index contributed by atoms with van der Waals surface area (Å²) in [6.07, 6.45) is 5.21. The van der Waals surface area contributed by atoms with E-state index >= 15 is 0 Å². The molecule has 1 aromatic heterocycles. The van der Waals surface area contributed by atoms with Crippen LogP contribution < -0.4 is 10.2 Å². The van der Waals surface area contributed by atoms with Crippen molar-refractivity contribution in [1.29, 1.82) is 0 Å². The van der Waals surface area contributed by atoms with Gasteiger partial charge in [-0.05, 0) is 37.5 Å². The van der Waals surface area contributed by atoms with Crippen LogP contribution in [0.5, 0.6) is 0 Å². The lowest BCUT2D eigenvalue weighted by Gasteiger charge is -2.33. The minimum Gasteiger partial charge on any atom is -0.348 e. The molecule has 8 heteroatoms. The van der Waals surface area contributed by atoms with Gasteiger partial charge >= 0.3 is 0 Å². The average Bonchev–Trinajstić information content (AvgIpc) is 2.62. The Labute approximate surface area is 145 Å². The number of carbonyl (C=O) groups is 1. The molecule has 1 aliphatic rings. The van der Waals surface area contributed by atoms with Crippen molar-refractivity contribution in [2.24, 2.45) is 0 Å². The summed E-state index contributed by atoms with van der Waals surface area (Å²) >= 11 is 0. The van der Waals surface area contributed by atoms with Crippen LogP contribution >= 0.6 is 0 Å². The first kappa shape index (κ1) is 16.8. The molecule has 1 atom stereocenters. The zero-order chi connectivity index (χ0) is 17.8. The number of piperidine rings is 1. The van der Waals surface area contributed by atoms with Crippen LogP contribution in [0.4, 0.5) is 11.6 Å². The summed E-state index contributed by atoms with van der Waals surface area (Å²) in [4.78, 5) is 33.4. The van der Waals surface area contributed by atoms with Gasteiger partial charge in [0.25, 0.3) is 11.6 Å². The number of nitro benzene ring substituents is 1. The molecule has 25 heavy (non-hydrogen) atoms. The van der Waals surface area contributed by atoms with E-state index in [4.69, 9.17) is 0 Å². The summed E-state index contributed by atoms with van der Waals surface area (Å²) in [5.41, 5.74) is 1.03. The largest absolute Gasteiger partial charge is 0.348 e. The predicted octanol–water partition coefficient (Wildman–Crippen LogP) is 2.09. The number of anilines is 1. The molecule has 1 aliphatic heterocycles. The maximum Gasteiger partial charge on any atom is 0.269 e. The Morgan fingerprint density at radius 1 is 1.36 bits per heavy atom. The lowest BCUT2D eigenvalue weighted by atomic mass is 10.0. The molecule has 2 aromatic rings. The highest BCUT2D eigenvalue weighted by molar-refractivity contribution is 5.96. The summed E-state index contributed by atoms with van der Waals surface area (Å²) in [6, 6.07) is 6.03. The van der Waals surface area contributed by atoms with Gasteiger partial charge in [0.2, 0.25) is 5.95 Å². The molecule has 0 aliphatic carbocycles. The van der Waals surface area contributed by atoms with Gasteiger partial charge in [-0.2, -0.15) is 0 Å². The van der Waals surface area contributed by atoms with Crippen LogP contribution in [0.3, 0.4) is 0 Å². The van der Waals surface area contributed by atoms with Gasteiger partial charge in [0.05, 0.1) is 4.92 Å². The summed E-state index contributed by atoms with van der Waals surface area (Å²) in [7, 11) is 0. The van der Waals surface area contributed by atoms with Gasteiger partial charge in [0.15, 0.2) is 0 Å². The zero-order valence-corrected chi connectivity index (χ0v) is 13.9. The van der Waals surface area contributed by atoms with Crippen LogP contribution in [0.1, 0.15) is 28.8 Å². The molecule has 0 radical (unpaired) electrons. The molecule has 0 bridgehead atoms. The number of nitro groups is 1. The van der Waals surface area contributed by atoms with E-state index in [1.165, 1.54) is 18.2 Å². The Morgan fingerprint density at radius 2 is 2.12 bits per heavy atom.